The molecule has 20 heavy (non-hydrogen) atoms. The Morgan fingerprint density at radius 2 is 1.90 bits per heavy atom. The van der Waals surface area contributed by atoms with Crippen LogP contribution in [0.2, 0.25) is 0 Å². The molecule has 0 aromatic carbocycles. The number of amides is 2. The summed E-state index contributed by atoms with van der Waals surface area (Å²) in [5.74, 6) is 0. The molecule has 0 aromatic heterocycles. The van der Waals surface area contributed by atoms with Crippen molar-refractivity contribution < 1.29 is 14.6 Å². The summed E-state index contributed by atoms with van der Waals surface area (Å²) in [4.78, 5) is 11.5. The third-order valence-corrected chi connectivity index (χ3v) is 4.37. The molecule has 5 heteroatoms. The summed E-state index contributed by atoms with van der Waals surface area (Å²) in [7, 11) is 0. The van der Waals surface area contributed by atoms with E-state index >= 15 is 0 Å². The molecular weight excluding hydrogens is 256 g/mol. The number of carbonyl (C=O) groups is 1. The van der Waals surface area contributed by atoms with Crippen LogP contribution < -0.4 is 10.6 Å². The van der Waals surface area contributed by atoms with Gasteiger partial charge in [0.05, 0.1) is 11.7 Å². The van der Waals surface area contributed by atoms with Crippen LogP contribution in [-0.4, -0.2) is 42.5 Å². The molecule has 0 aliphatic heterocycles. The summed E-state index contributed by atoms with van der Waals surface area (Å²) < 4.78 is 5.79. The van der Waals surface area contributed by atoms with Gasteiger partial charge in [-0.15, -0.1) is 0 Å². The highest BCUT2D eigenvalue weighted by molar-refractivity contribution is 5.73. The maximum atomic E-state index is 11.5. The van der Waals surface area contributed by atoms with Crippen LogP contribution in [0.4, 0.5) is 4.79 Å². The number of nitrogens with one attached hydrogen (secondary N) is 2. The van der Waals surface area contributed by atoms with Crippen LogP contribution in [0.25, 0.3) is 0 Å². The molecule has 2 aliphatic rings. The fourth-order valence-electron chi connectivity index (χ4n) is 2.82. The highest BCUT2D eigenvalue weighted by Crippen LogP contribution is 2.30. The molecular formula is C15H28N2O3. The molecule has 2 fully saturated rings. The lowest BCUT2D eigenvalue weighted by molar-refractivity contribution is -0.0290. The molecule has 2 amide bonds. The normalized spacial score (nSPS) is 22.1. The Morgan fingerprint density at radius 1 is 1.15 bits per heavy atom. The van der Waals surface area contributed by atoms with Crippen LogP contribution >= 0.6 is 0 Å². The van der Waals surface area contributed by atoms with E-state index in [1.54, 1.807) is 0 Å². The zero-order chi connectivity index (χ0) is 14.3. The van der Waals surface area contributed by atoms with E-state index in [1.165, 1.54) is 32.1 Å². The van der Waals surface area contributed by atoms with Gasteiger partial charge in [-0.3, -0.25) is 0 Å². The summed E-state index contributed by atoms with van der Waals surface area (Å²) in [5, 5.41) is 15.4. The number of ether oxygens (including phenoxy) is 1. The average molecular weight is 284 g/mol. The van der Waals surface area contributed by atoms with E-state index in [9.17, 15) is 9.90 Å². The quantitative estimate of drug-likeness (QED) is 0.626. The minimum Gasteiger partial charge on any atom is -0.388 e. The lowest BCUT2D eigenvalue weighted by atomic mass is 9.80. The molecule has 116 valence electrons. The highest BCUT2D eigenvalue weighted by atomic mass is 16.5. The van der Waals surface area contributed by atoms with Crippen molar-refractivity contribution >= 4 is 6.03 Å². The predicted octanol–water partition coefficient (Wildman–Crippen LogP) is 1.94. The minimum absolute atomic E-state index is 0.192. The van der Waals surface area contributed by atoms with Gasteiger partial charge in [0.2, 0.25) is 0 Å². The van der Waals surface area contributed by atoms with E-state index in [-0.39, 0.29) is 6.03 Å². The van der Waals surface area contributed by atoms with Crippen molar-refractivity contribution in [2.75, 3.05) is 19.7 Å². The van der Waals surface area contributed by atoms with Crippen molar-refractivity contribution in [1.82, 2.24) is 10.6 Å². The van der Waals surface area contributed by atoms with Crippen LogP contribution in [0, 0.1) is 0 Å². The zero-order valence-electron chi connectivity index (χ0n) is 12.3. The fourth-order valence-corrected chi connectivity index (χ4v) is 2.82. The first-order valence-electron chi connectivity index (χ1n) is 8.04. The van der Waals surface area contributed by atoms with E-state index in [0.717, 1.165) is 32.3 Å². The second kappa shape index (κ2) is 7.84. The SMILES string of the molecule is O=C(NCCCOC1CCCCC1)NCC1(O)CCC1. The molecule has 0 unspecified atom stereocenters. The first-order chi connectivity index (χ1) is 9.68. The van der Waals surface area contributed by atoms with Gasteiger partial charge in [-0.1, -0.05) is 19.3 Å². The van der Waals surface area contributed by atoms with Gasteiger partial charge in [-0.25, -0.2) is 4.79 Å². The highest BCUT2D eigenvalue weighted by Gasteiger charge is 2.34. The van der Waals surface area contributed by atoms with Gasteiger partial charge < -0.3 is 20.5 Å². The van der Waals surface area contributed by atoms with Crippen LogP contribution in [-0.2, 0) is 4.74 Å². The number of rotatable bonds is 7. The van der Waals surface area contributed by atoms with Crippen molar-refractivity contribution in [3.63, 3.8) is 0 Å². The Hall–Kier alpha value is -0.810. The Labute approximate surface area is 121 Å². The molecule has 0 atom stereocenters. The Bertz CT molecular complexity index is 299. The Morgan fingerprint density at radius 3 is 2.55 bits per heavy atom. The lowest BCUT2D eigenvalue weighted by Crippen LogP contribution is -2.50. The number of urea groups is 1. The van der Waals surface area contributed by atoms with Gasteiger partial charge in [-0.05, 0) is 38.5 Å². The molecule has 0 bridgehead atoms. The van der Waals surface area contributed by atoms with Crippen LogP contribution in [0.15, 0.2) is 0 Å². The molecule has 0 spiro atoms. The third kappa shape index (κ3) is 5.29. The summed E-state index contributed by atoms with van der Waals surface area (Å²) in [6, 6.07) is -0.192. The number of hydrogen-bond acceptors (Lipinski definition) is 3. The smallest absolute Gasteiger partial charge is 0.314 e. The summed E-state index contributed by atoms with van der Waals surface area (Å²) in [5.41, 5.74) is -0.651. The molecule has 5 nitrogen and oxygen atoms in total. The van der Waals surface area contributed by atoms with Gasteiger partial charge >= 0.3 is 6.03 Å². The van der Waals surface area contributed by atoms with Crippen molar-refractivity contribution in [2.45, 2.75) is 69.5 Å². The minimum atomic E-state index is -0.651. The maximum absolute atomic E-state index is 11.5. The topological polar surface area (TPSA) is 70.6 Å². The largest absolute Gasteiger partial charge is 0.388 e. The monoisotopic (exact) mass is 284 g/mol. The third-order valence-electron chi connectivity index (χ3n) is 4.37. The average Bonchev–Trinajstić information content (AvgIpc) is 2.44. The van der Waals surface area contributed by atoms with Crippen LogP contribution in [0.5, 0.6) is 0 Å². The standard InChI is InChI=1S/C15H28N2O3/c18-14(17-12-15(19)8-4-9-15)16-10-5-11-20-13-6-2-1-3-7-13/h13,19H,1-12H2,(H2,16,17,18). The van der Waals surface area contributed by atoms with E-state index in [4.69, 9.17) is 4.74 Å². The first kappa shape index (κ1) is 15.6. The van der Waals surface area contributed by atoms with E-state index in [1.807, 2.05) is 0 Å². The van der Waals surface area contributed by atoms with Crippen molar-refractivity contribution in [1.29, 1.82) is 0 Å². The second-order valence-corrected chi connectivity index (χ2v) is 6.17. The Balaban J connectivity index is 1.43. The molecule has 2 rings (SSSR count). The van der Waals surface area contributed by atoms with Gasteiger partial charge in [0.15, 0.2) is 0 Å². The molecule has 0 saturated heterocycles. The molecule has 3 N–H and O–H groups in total. The van der Waals surface area contributed by atoms with Gasteiger partial charge in [-0.2, -0.15) is 0 Å². The van der Waals surface area contributed by atoms with Crippen molar-refractivity contribution in [3.05, 3.63) is 0 Å². The molecule has 0 aromatic rings. The second-order valence-electron chi connectivity index (χ2n) is 6.17. The summed E-state index contributed by atoms with van der Waals surface area (Å²) >= 11 is 0. The van der Waals surface area contributed by atoms with Gasteiger partial charge in [0.1, 0.15) is 0 Å². The van der Waals surface area contributed by atoms with E-state index in [2.05, 4.69) is 10.6 Å². The van der Waals surface area contributed by atoms with Crippen molar-refractivity contribution in [2.24, 2.45) is 0 Å². The summed E-state index contributed by atoms with van der Waals surface area (Å²) in [6.07, 6.45) is 10.2. The first-order valence-corrected chi connectivity index (χ1v) is 8.04. The molecule has 0 heterocycles. The number of hydrogen-bond donors (Lipinski definition) is 3. The zero-order valence-corrected chi connectivity index (χ0v) is 12.3. The van der Waals surface area contributed by atoms with E-state index in [0.29, 0.717) is 19.2 Å². The van der Waals surface area contributed by atoms with E-state index < -0.39 is 5.60 Å². The molecule has 0 radical (unpaired) electrons. The maximum Gasteiger partial charge on any atom is 0.314 e. The predicted molar refractivity (Wildman–Crippen MR) is 77.6 cm³/mol. The van der Waals surface area contributed by atoms with Crippen LogP contribution in [0.1, 0.15) is 57.8 Å². The molecule has 2 saturated carbocycles. The summed E-state index contributed by atoms with van der Waals surface area (Å²) in [6.45, 7) is 1.70. The van der Waals surface area contributed by atoms with Gasteiger partial charge in [0.25, 0.3) is 0 Å². The fraction of sp³-hybridized carbons (Fsp3) is 0.933. The number of aliphatic hydroxyl groups is 1. The Kier molecular flexibility index (Phi) is 6.10. The lowest BCUT2D eigenvalue weighted by Gasteiger charge is -2.36. The van der Waals surface area contributed by atoms with Gasteiger partial charge in [0, 0.05) is 19.7 Å². The van der Waals surface area contributed by atoms with Crippen molar-refractivity contribution in [3.8, 4) is 0 Å². The van der Waals surface area contributed by atoms with Crippen LogP contribution in [0.3, 0.4) is 0 Å². The molecule has 2 aliphatic carbocycles. The number of carbonyl (C=O) groups excluding carboxylic acids is 1.